The molecule has 1 fully saturated rings. The van der Waals surface area contributed by atoms with Crippen LogP contribution in [-0.4, -0.2) is 16.0 Å². The van der Waals surface area contributed by atoms with Crippen LogP contribution in [0.5, 0.6) is 0 Å². The number of carbonyl (C=O) groups excluding carboxylic acids is 1. The summed E-state index contributed by atoms with van der Waals surface area (Å²) in [5.74, 6) is -0.809. The Bertz CT molecular complexity index is 541. The predicted molar refractivity (Wildman–Crippen MR) is 65.9 cm³/mol. The lowest BCUT2D eigenvalue weighted by Crippen LogP contribution is -2.16. The maximum Gasteiger partial charge on any atom is 0.269 e. The highest BCUT2D eigenvalue weighted by atomic mass is 35.5. The summed E-state index contributed by atoms with van der Waals surface area (Å²) in [6, 6.07) is 4.81. The second kappa shape index (κ2) is 5.07. The van der Waals surface area contributed by atoms with Crippen molar-refractivity contribution < 1.29 is 9.90 Å². The second-order valence-electron chi connectivity index (χ2n) is 3.97. The maximum absolute atomic E-state index is 11.8. The summed E-state index contributed by atoms with van der Waals surface area (Å²) in [7, 11) is 0. The normalized spacial score (nSPS) is 15.6. The fourth-order valence-electron chi connectivity index (χ4n) is 1.43. The minimum absolute atomic E-state index is 0.0475. The Morgan fingerprint density at radius 3 is 2.78 bits per heavy atom. The van der Waals surface area contributed by atoms with Gasteiger partial charge in [-0.15, -0.1) is 0 Å². The van der Waals surface area contributed by atoms with Crippen molar-refractivity contribution in [3.05, 3.63) is 34.8 Å². The molecule has 0 spiro atoms. The van der Waals surface area contributed by atoms with Gasteiger partial charge in [0.05, 0.1) is 11.9 Å². The predicted octanol–water partition coefficient (Wildman–Crippen LogP) is 2.42. The van der Waals surface area contributed by atoms with Gasteiger partial charge in [-0.3, -0.25) is 4.79 Å². The van der Waals surface area contributed by atoms with Crippen LogP contribution in [0.15, 0.2) is 29.7 Å². The van der Waals surface area contributed by atoms with Crippen molar-refractivity contribution in [2.24, 2.45) is 5.92 Å². The fourth-order valence-corrected chi connectivity index (χ4v) is 1.54. The Kier molecular flexibility index (Phi) is 3.49. The van der Waals surface area contributed by atoms with E-state index in [1.54, 1.807) is 12.1 Å². The first-order valence-corrected chi connectivity index (χ1v) is 5.75. The number of pyridine rings is 1. The number of aromatic nitrogens is 1. The van der Waals surface area contributed by atoms with Crippen LogP contribution in [0.3, 0.4) is 0 Å². The highest BCUT2D eigenvalue weighted by molar-refractivity contribution is 6.29. The molecule has 1 aliphatic rings. The molecule has 0 aromatic carbocycles. The molecule has 1 saturated carbocycles. The average Bonchev–Trinajstić information content (AvgIpc) is 3.17. The smallest absolute Gasteiger partial charge is 0.269 e. The van der Waals surface area contributed by atoms with Gasteiger partial charge in [-0.05, 0) is 25.0 Å². The van der Waals surface area contributed by atoms with E-state index in [9.17, 15) is 9.90 Å². The van der Waals surface area contributed by atoms with Crippen molar-refractivity contribution in [3.8, 4) is 6.07 Å². The monoisotopic (exact) mass is 263 g/mol. The molecule has 1 aliphatic carbocycles. The molecule has 6 heteroatoms. The number of hydrogen-bond donors (Lipinski definition) is 2. The first-order valence-electron chi connectivity index (χ1n) is 5.38. The van der Waals surface area contributed by atoms with E-state index in [1.165, 1.54) is 12.3 Å². The van der Waals surface area contributed by atoms with Crippen molar-refractivity contribution >= 4 is 23.2 Å². The van der Waals surface area contributed by atoms with E-state index in [1.807, 2.05) is 0 Å². The lowest BCUT2D eigenvalue weighted by molar-refractivity contribution is -0.112. The van der Waals surface area contributed by atoms with E-state index in [0.717, 1.165) is 12.8 Å². The number of rotatable bonds is 3. The number of nitrogens with zero attached hydrogens (tertiary/aromatic N) is 2. The Morgan fingerprint density at radius 1 is 1.56 bits per heavy atom. The van der Waals surface area contributed by atoms with Gasteiger partial charge in [-0.25, -0.2) is 4.98 Å². The molecule has 1 heterocycles. The Morgan fingerprint density at radius 2 is 2.28 bits per heavy atom. The van der Waals surface area contributed by atoms with E-state index in [2.05, 4.69) is 10.3 Å². The summed E-state index contributed by atoms with van der Waals surface area (Å²) in [4.78, 5) is 15.6. The number of allylic oxidation sites excluding steroid dienone is 1. The van der Waals surface area contributed by atoms with Gasteiger partial charge in [0.25, 0.3) is 5.91 Å². The molecule has 2 rings (SSSR count). The number of aliphatic hydroxyl groups is 1. The molecule has 18 heavy (non-hydrogen) atoms. The van der Waals surface area contributed by atoms with E-state index < -0.39 is 5.91 Å². The quantitative estimate of drug-likeness (QED) is 0.379. The summed E-state index contributed by atoms with van der Waals surface area (Å²) < 4.78 is 0. The van der Waals surface area contributed by atoms with Crippen molar-refractivity contribution in [2.75, 3.05) is 5.32 Å². The molecule has 2 N–H and O–H groups in total. The minimum Gasteiger partial charge on any atom is -0.510 e. The van der Waals surface area contributed by atoms with Gasteiger partial charge in [0, 0.05) is 5.92 Å². The lowest BCUT2D eigenvalue weighted by atomic mass is 10.1. The summed E-state index contributed by atoms with van der Waals surface area (Å²) in [5, 5.41) is 21.4. The molecular weight excluding hydrogens is 254 g/mol. The van der Waals surface area contributed by atoms with E-state index in [-0.39, 0.29) is 17.3 Å². The maximum atomic E-state index is 11.8. The van der Waals surface area contributed by atoms with Crippen LogP contribution in [0, 0.1) is 17.2 Å². The summed E-state index contributed by atoms with van der Waals surface area (Å²) in [6.45, 7) is 0. The Hall–Kier alpha value is -2.06. The zero-order chi connectivity index (χ0) is 13.1. The number of nitrogens with one attached hydrogen (secondary N) is 1. The molecule has 0 aliphatic heterocycles. The van der Waals surface area contributed by atoms with Crippen LogP contribution in [0.4, 0.5) is 5.69 Å². The molecule has 1 aromatic heterocycles. The molecule has 92 valence electrons. The zero-order valence-electron chi connectivity index (χ0n) is 9.35. The van der Waals surface area contributed by atoms with E-state index >= 15 is 0 Å². The van der Waals surface area contributed by atoms with Crippen molar-refractivity contribution in [2.45, 2.75) is 12.8 Å². The molecule has 0 saturated heterocycles. The molecule has 1 amide bonds. The number of amides is 1. The minimum atomic E-state index is -0.633. The molecule has 5 nitrogen and oxygen atoms in total. The number of halogens is 1. The number of nitriles is 1. The van der Waals surface area contributed by atoms with Gasteiger partial charge >= 0.3 is 0 Å². The third kappa shape index (κ3) is 2.79. The first kappa shape index (κ1) is 12.4. The molecule has 0 unspecified atom stereocenters. The number of carbonyl (C=O) groups is 1. The highest BCUT2D eigenvalue weighted by Crippen LogP contribution is 2.36. The highest BCUT2D eigenvalue weighted by Gasteiger charge is 2.30. The van der Waals surface area contributed by atoms with E-state index in [0.29, 0.717) is 10.8 Å². The number of hydrogen-bond acceptors (Lipinski definition) is 4. The van der Waals surface area contributed by atoms with Crippen LogP contribution in [0.25, 0.3) is 0 Å². The van der Waals surface area contributed by atoms with Gasteiger partial charge in [-0.1, -0.05) is 11.6 Å². The second-order valence-corrected chi connectivity index (χ2v) is 4.36. The first-order chi connectivity index (χ1) is 8.61. The van der Waals surface area contributed by atoms with Gasteiger partial charge in [0.15, 0.2) is 5.57 Å². The third-order valence-corrected chi connectivity index (χ3v) is 2.77. The number of aliphatic hydroxyl groups excluding tert-OH is 1. The fraction of sp³-hybridized carbons (Fsp3) is 0.250. The summed E-state index contributed by atoms with van der Waals surface area (Å²) in [5.41, 5.74) is 0.174. The van der Waals surface area contributed by atoms with Crippen molar-refractivity contribution in [1.29, 1.82) is 5.26 Å². The SMILES string of the molecule is N#CC(C(=O)Nc1ccc(Cl)nc1)=C(O)C1CC1. The van der Waals surface area contributed by atoms with E-state index in [4.69, 9.17) is 16.9 Å². The number of anilines is 1. The molecule has 0 radical (unpaired) electrons. The van der Waals surface area contributed by atoms with Gasteiger partial charge in [0.1, 0.15) is 17.0 Å². The van der Waals surface area contributed by atoms with Crippen LogP contribution in [0.1, 0.15) is 12.8 Å². The van der Waals surface area contributed by atoms with Crippen LogP contribution in [0.2, 0.25) is 5.15 Å². The topological polar surface area (TPSA) is 86.0 Å². The zero-order valence-corrected chi connectivity index (χ0v) is 10.1. The average molecular weight is 264 g/mol. The van der Waals surface area contributed by atoms with Crippen molar-refractivity contribution in [1.82, 2.24) is 4.98 Å². The largest absolute Gasteiger partial charge is 0.510 e. The molecule has 0 atom stereocenters. The van der Waals surface area contributed by atoms with Gasteiger partial charge in [0.2, 0.25) is 0 Å². The summed E-state index contributed by atoms with van der Waals surface area (Å²) >= 11 is 5.61. The lowest BCUT2D eigenvalue weighted by Gasteiger charge is -2.05. The summed E-state index contributed by atoms with van der Waals surface area (Å²) in [6.07, 6.45) is 3.00. The van der Waals surface area contributed by atoms with Gasteiger partial charge < -0.3 is 10.4 Å². The van der Waals surface area contributed by atoms with Crippen molar-refractivity contribution in [3.63, 3.8) is 0 Å². The Balaban J connectivity index is 2.14. The Labute approximate surface area is 109 Å². The molecular formula is C12H10ClN3O2. The van der Waals surface area contributed by atoms with Crippen LogP contribution in [-0.2, 0) is 4.79 Å². The standard InChI is InChI=1S/C12H10ClN3O2/c13-10-4-3-8(6-15-10)16-12(18)9(5-14)11(17)7-1-2-7/h3-4,6-7,17H,1-2H2,(H,16,18). The van der Waals surface area contributed by atoms with Crippen LogP contribution < -0.4 is 5.32 Å². The van der Waals surface area contributed by atoms with Crippen LogP contribution >= 0.6 is 11.6 Å². The third-order valence-electron chi connectivity index (χ3n) is 2.54. The molecule has 1 aromatic rings. The molecule has 0 bridgehead atoms. The van der Waals surface area contributed by atoms with Gasteiger partial charge in [-0.2, -0.15) is 5.26 Å².